The predicted octanol–water partition coefficient (Wildman–Crippen LogP) is 6.71. The van der Waals surface area contributed by atoms with Crippen LogP contribution < -0.4 is 16.0 Å². The van der Waals surface area contributed by atoms with Crippen LogP contribution in [-0.4, -0.2) is 34.4 Å². The minimum atomic E-state index is -1.40. The van der Waals surface area contributed by atoms with E-state index in [0.29, 0.717) is 30.1 Å². The first-order valence-electron chi connectivity index (χ1n) is 14.3. The van der Waals surface area contributed by atoms with Crippen LogP contribution in [0, 0.1) is 17.3 Å². The van der Waals surface area contributed by atoms with Crippen LogP contribution in [0.2, 0.25) is 5.15 Å². The molecule has 2 saturated carbocycles. The van der Waals surface area contributed by atoms with Gasteiger partial charge in [-0.3, -0.25) is 14.9 Å². The quantitative estimate of drug-likeness (QED) is 0.264. The summed E-state index contributed by atoms with van der Waals surface area (Å²) >= 11 is 12.1. The van der Waals surface area contributed by atoms with Crippen LogP contribution in [0.3, 0.4) is 0 Å². The number of aromatic nitrogens is 1. The van der Waals surface area contributed by atoms with Crippen LogP contribution in [0.25, 0.3) is 0 Å². The number of carbonyl (C=O) groups excluding carboxylic acids is 2. The van der Waals surface area contributed by atoms with E-state index in [0.717, 1.165) is 38.5 Å². The second-order valence-electron chi connectivity index (χ2n) is 13.0. The molecule has 3 heterocycles. The average Bonchev–Trinajstić information content (AvgIpc) is 3.35. The van der Waals surface area contributed by atoms with Crippen LogP contribution in [0.4, 0.5) is 10.2 Å². The second kappa shape index (κ2) is 10.9. The third-order valence-corrected chi connectivity index (χ3v) is 10.1. The van der Waals surface area contributed by atoms with Crippen molar-refractivity contribution in [2.45, 2.75) is 95.2 Å². The maximum Gasteiger partial charge on any atom is 0.239 e. The summed E-state index contributed by atoms with van der Waals surface area (Å²) in [5, 5.41) is 10.2. The molecule has 9 heteroatoms. The summed E-state index contributed by atoms with van der Waals surface area (Å²) in [5.74, 6) is -1.35. The normalized spacial score (nSPS) is 32.9. The van der Waals surface area contributed by atoms with Gasteiger partial charge in [-0.05, 0) is 80.9 Å². The van der Waals surface area contributed by atoms with Gasteiger partial charge in [0.25, 0.3) is 0 Å². The zero-order valence-corrected chi connectivity index (χ0v) is 25.0. The SMILES string of the molecule is C=C(Cl)/C=C\C=C(/F)[C@H]1[C@H](C(=O)NC2CCC(C)CC2)NC2(CCC(C)(C)CC2)[C@@]12C(=O)Nc1nc(Cl)ccc12. The highest BCUT2D eigenvalue weighted by atomic mass is 35.5. The van der Waals surface area contributed by atoms with E-state index in [-0.39, 0.29) is 33.5 Å². The molecule has 2 aliphatic heterocycles. The fraction of sp³-hybridized carbons (Fsp3) is 0.581. The summed E-state index contributed by atoms with van der Waals surface area (Å²) in [5.41, 5.74) is -1.61. The molecule has 1 aromatic rings. The van der Waals surface area contributed by atoms with Crippen molar-refractivity contribution in [3.05, 3.63) is 58.5 Å². The summed E-state index contributed by atoms with van der Waals surface area (Å²) < 4.78 is 16.6. The van der Waals surface area contributed by atoms with Crippen LogP contribution in [-0.2, 0) is 15.0 Å². The molecule has 2 aliphatic carbocycles. The van der Waals surface area contributed by atoms with E-state index in [9.17, 15) is 9.59 Å². The number of rotatable bonds is 5. The Balaban J connectivity index is 1.65. The number of fused-ring (bicyclic) bond motifs is 3. The zero-order valence-electron chi connectivity index (χ0n) is 23.5. The van der Waals surface area contributed by atoms with E-state index in [1.54, 1.807) is 12.1 Å². The van der Waals surface area contributed by atoms with Gasteiger partial charge in [0.15, 0.2) is 0 Å². The van der Waals surface area contributed by atoms with Crippen molar-refractivity contribution in [3.63, 3.8) is 0 Å². The Hall–Kier alpha value is -2.22. The van der Waals surface area contributed by atoms with Gasteiger partial charge in [0.1, 0.15) is 22.2 Å². The zero-order chi connectivity index (χ0) is 28.9. The fourth-order valence-corrected chi connectivity index (χ4v) is 7.74. The molecule has 2 spiro atoms. The molecule has 0 bridgehead atoms. The minimum Gasteiger partial charge on any atom is -0.352 e. The Labute approximate surface area is 246 Å². The van der Waals surface area contributed by atoms with Crippen molar-refractivity contribution in [1.82, 2.24) is 15.6 Å². The van der Waals surface area contributed by atoms with Crippen molar-refractivity contribution in [2.24, 2.45) is 17.3 Å². The number of hydrogen-bond acceptors (Lipinski definition) is 4. The molecule has 0 aromatic carbocycles. The van der Waals surface area contributed by atoms with Gasteiger partial charge in [0.2, 0.25) is 11.8 Å². The molecule has 3 atom stereocenters. The standard InChI is InChI=1S/C31H39Cl2FN4O2/c1-18-8-10-20(11-9-18)35-27(39)25-24(22(34)7-5-6-19(2)32)31(30(38-25)16-14-29(3,4)15-17-30)21-12-13-23(33)36-26(21)37-28(31)40/h5-7,12-13,18,20,24-25,38H,2,8-11,14-17H2,1,3-4H3,(H,35,39)(H,36,37,40)/b6-5-,22-7-/t18?,20?,24-,25+,31+/m0/s1. The third kappa shape index (κ3) is 5.03. The Morgan fingerprint density at radius 2 is 1.85 bits per heavy atom. The second-order valence-corrected chi connectivity index (χ2v) is 13.8. The van der Waals surface area contributed by atoms with Gasteiger partial charge in [-0.25, -0.2) is 9.37 Å². The van der Waals surface area contributed by atoms with E-state index < -0.39 is 28.7 Å². The van der Waals surface area contributed by atoms with E-state index in [1.165, 1.54) is 18.2 Å². The lowest BCUT2D eigenvalue weighted by atomic mass is 9.54. The van der Waals surface area contributed by atoms with Crippen molar-refractivity contribution in [2.75, 3.05) is 5.32 Å². The highest BCUT2D eigenvalue weighted by molar-refractivity contribution is 6.30. The molecule has 0 radical (unpaired) electrons. The fourth-order valence-electron chi connectivity index (χ4n) is 7.52. The molecule has 216 valence electrons. The average molecular weight is 590 g/mol. The van der Waals surface area contributed by atoms with Gasteiger partial charge in [-0.15, -0.1) is 0 Å². The van der Waals surface area contributed by atoms with Gasteiger partial charge in [-0.1, -0.05) is 62.7 Å². The number of pyridine rings is 1. The first kappa shape index (κ1) is 29.3. The largest absolute Gasteiger partial charge is 0.352 e. The number of carbonyl (C=O) groups is 2. The van der Waals surface area contributed by atoms with E-state index >= 15 is 4.39 Å². The summed E-state index contributed by atoms with van der Waals surface area (Å²) in [6.07, 6.45) is 11.0. The number of allylic oxidation sites excluding steroid dienone is 4. The molecule has 1 aromatic heterocycles. The predicted molar refractivity (Wildman–Crippen MR) is 158 cm³/mol. The molecular formula is C31H39Cl2FN4O2. The Morgan fingerprint density at radius 1 is 1.18 bits per heavy atom. The number of amides is 2. The van der Waals surface area contributed by atoms with Crippen molar-refractivity contribution in [3.8, 4) is 0 Å². The Morgan fingerprint density at radius 3 is 2.50 bits per heavy atom. The molecular weight excluding hydrogens is 550 g/mol. The maximum atomic E-state index is 16.6. The third-order valence-electron chi connectivity index (χ3n) is 9.79. The number of hydrogen-bond donors (Lipinski definition) is 3. The molecule has 3 fully saturated rings. The van der Waals surface area contributed by atoms with E-state index in [2.05, 4.69) is 48.3 Å². The molecule has 3 N–H and O–H groups in total. The smallest absolute Gasteiger partial charge is 0.239 e. The van der Waals surface area contributed by atoms with Crippen LogP contribution in [0.1, 0.15) is 77.7 Å². The Kier molecular flexibility index (Phi) is 7.97. The van der Waals surface area contributed by atoms with Crippen molar-refractivity contribution in [1.29, 1.82) is 0 Å². The molecule has 0 unspecified atom stereocenters. The number of halogens is 3. The first-order valence-corrected chi connectivity index (χ1v) is 15.1. The molecule has 4 aliphatic rings. The Bertz CT molecular complexity index is 1260. The van der Waals surface area contributed by atoms with Gasteiger partial charge in [0.05, 0.1) is 12.0 Å². The summed E-state index contributed by atoms with van der Waals surface area (Å²) in [4.78, 5) is 32.7. The summed E-state index contributed by atoms with van der Waals surface area (Å²) in [6.45, 7) is 10.3. The van der Waals surface area contributed by atoms with Crippen LogP contribution >= 0.6 is 23.2 Å². The highest BCUT2D eigenvalue weighted by Gasteiger charge is 2.73. The number of anilines is 1. The van der Waals surface area contributed by atoms with Crippen molar-refractivity contribution >= 4 is 40.8 Å². The lowest BCUT2D eigenvalue weighted by Crippen LogP contribution is -2.61. The van der Waals surface area contributed by atoms with Crippen LogP contribution in [0.15, 0.2) is 47.8 Å². The number of nitrogens with one attached hydrogen (secondary N) is 3. The highest BCUT2D eigenvalue weighted by Crippen LogP contribution is 2.62. The van der Waals surface area contributed by atoms with E-state index in [4.69, 9.17) is 23.2 Å². The minimum absolute atomic E-state index is 0.0283. The van der Waals surface area contributed by atoms with Gasteiger partial charge in [0, 0.05) is 22.2 Å². The van der Waals surface area contributed by atoms with Gasteiger partial charge < -0.3 is 10.6 Å². The molecule has 6 nitrogen and oxygen atoms in total. The van der Waals surface area contributed by atoms with E-state index in [1.807, 2.05) is 0 Å². The topological polar surface area (TPSA) is 83.1 Å². The molecule has 2 amide bonds. The van der Waals surface area contributed by atoms with Gasteiger partial charge in [-0.2, -0.15) is 0 Å². The monoisotopic (exact) mass is 588 g/mol. The molecule has 1 saturated heterocycles. The lowest BCUT2D eigenvalue weighted by Gasteiger charge is -2.50. The van der Waals surface area contributed by atoms with Gasteiger partial charge >= 0.3 is 0 Å². The molecule has 5 rings (SSSR count). The van der Waals surface area contributed by atoms with Crippen LogP contribution in [0.5, 0.6) is 0 Å². The summed E-state index contributed by atoms with van der Waals surface area (Å²) in [7, 11) is 0. The first-order chi connectivity index (χ1) is 18.9. The molecule has 40 heavy (non-hydrogen) atoms. The maximum absolute atomic E-state index is 16.6. The number of nitrogens with zero attached hydrogens (tertiary/aromatic N) is 1. The lowest BCUT2D eigenvalue weighted by molar-refractivity contribution is -0.126. The summed E-state index contributed by atoms with van der Waals surface area (Å²) in [6, 6.07) is 2.47. The van der Waals surface area contributed by atoms with Crippen molar-refractivity contribution < 1.29 is 14.0 Å².